The fourth-order valence-corrected chi connectivity index (χ4v) is 2.82. The molecule has 2 rings (SSSR count). The number of ether oxygens (including phenoxy) is 1. The summed E-state index contributed by atoms with van der Waals surface area (Å²) in [6.07, 6.45) is 2.29. The molecule has 0 unspecified atom stereocenters. The molecular weight excluding hydrogens is 286 g/mol. The van der Waals surface area contributed by atoms with Crippen molar-refractivity contribution in [3.05, 3.63) is 29.8 Å². The quantitative estimate of drug-likeness (QED) is 0.900. The van der Waals surface area contributed by atoms with Gasteiger partial charge in [-0.3, -0.25) is 0 Å². The summed E-state index contributed by atoms with van der Waals surface area (Å²) in [6.45, 7) is -9.60. The van der Waals surface area contributed by atoms with Crippen LogP contribution in [0.1, 0.15) is 58.7 Å². The van der Waals surface area contributed by atoms with Gasteiger partial charge in [-0.2, -0.15) is 0 Å². The van der Waals surface area contributed by atoms with Crippen molar-refractivity contribution in [2.24, 2.45) is 0 Å². The van der Waals surface area contributed by atoms with Gasteiger partial charge in [0.15, 0.2) is 0 Å². The molecule has 4 heteroatoms. The molecule has 1 aromatic rings. The number of likely N-dealkylation sites (N-methyl/N-ethyl adjacent to an activating group) is 1. The van der Waals surface area contributed by atoms with Gasteiger partial charge in [0.2, 0.25) is 0 Å². The Labute approximate surface area is 150 Å². The molecule has 0 bridgehead atoms. The summed E-state index contributed by atoms with van der Waals surface area (Å²) in [6, 6.07) is 5.19. The van der Waals surface area contributed by atoms with Gasteiger partial charge in [0.25, 0.3) is 0 Å². The molecule has 3 nitrogen and oxygen atoms in total. The van der Waals surface area contributed by atoms with Crippen LogP contribution in [0.15, 0.2) is 24.3 Å². The highest BCUT2D eigenvalue weighted by atomic mass is 35.5. The summed E-state index contributed by atoms with van der Waals surface area (Å²) in [5, 5.41) is 11.4. The molecule has 0 heterocycles. The van der Waals surface area contributed by atoms with Crippen molar-refractivity contribution in [3.63, 3.8) is 0 Å². The lowest BCUT2D eigenvalue weighted by atomic mass is 9.72. The standard InChI is InChI=1S/C17H27NO2.ClH/c1-18(2)13-16(17(19)11-5-4-6-12-17)14-7-9-15(20-3)10-8-14;/h7-10,16,19H,4-6,11-13H2,1-3H3;1H/t16-;/m0./s1/i1D3,2D3,3D3,13D2;. The van der Waals surface area contributed by atoms with Crippen LogP contribution in [-0.4, -0.2) is 43.1 Å². The Morgan fingerprint density at radius 1 is 1.29 bits per heavy atom. The largest absolute Gasteiger partial charge is 0.497 e. The van der Waals surface area contributed by atoms with Gasteiger partial charge in [-0.05, 0) is 44.5 Å². The van der Waals surface area contributed by atoms with E-state index in [4.69, 9.17) is 19.8 Å². The molecule has 1 N–H and O–H groups in total. The van der Waals surface area contributed by atoms with Crippen LogP contribution in [0.2, 0.25) is 0 Å². The van der Waals surface area contributed by atoms with Gasteiger partial charge < -0.3 is 14.7 Å². The van der Waals surface area contributed by atoms with E-state index in [1.807, 2.05) is 0 Å². The van der Waals surface area contributed by atoms with Gasteiger partial charge in [-0.1, -0.05) is 31.4 Å². The minimum atomic E-state index is -3.30. The lowest BCUT2D eigenvalue weighted by Gasteiger charge is -2.40. The predicted octanol–water partition coefficient (Wildman–Crippen LogP) is 3.46. The SMILES string of the molecule is Cl.[2H]C([2H])([2H])Oc1ccc([C@@H](C2(O)CCCCC2)C([2H])([2H])N(C([2H])([2H])[2H])C([2H])([2H])[2H])cc1. The number of methoxy groups -OCH3 is 1. The maximum atomic E-state index is 11.4. The highest BCUT2D eigenvalue weighted by molar-refractivity contribution is 5.85. The number of rotatable bonds is 5. The third-order valence-electron chi connectivity index (χ3n) is 3.85. The monoisotopic (exact) mass is 324 g/mol. The number of halogens is 1. The molecule has 0 radical (unpaired) electrons. The summed E-state index contributed by atoms with van der Waals surface area (Å²) in [4.78, 5) is -0.142. The van der Waals surface area contributed by atoms with Gasteiger partial charge in [0.05, 0.1) is 16.8 Å². The molecule has 1 aliphatic carbocycles. The first-order valence-corrected chi connectivity index (χ1v) is 6.70. The van der Waals surface area contributed by atoms with Crippen molar-refractivity contribution in [1.29, 1.82) is 0 Å². The van der Waals surface area contributed by atoms with E-state index in [1.165, 1.54) is 24.3 Å². The Hall–Kier alpha value is -0.770. The average molecular weight is 325 g/mol. The number of nitrogens with zero attached hydrogens (tertiary/aromatic N) is 1. The van der Waals surface area contributed by atoms with E-state index in [-0.39, 0.29) is 41.5 Å². The van der Waals surface area contributed by atoms with E-state index >= 15 is 0 Å². The molecule has 1 fully saturated rings. The number of hydrogen-bond acceptors (Lipinski definition) is 3. The first-order valence-electron chi connectivity index (χ1n) is 12.2. The molecule has 120 valence electrons. The second-order valence-electron chi connectivity index (χ2n) is 5.23. The predicted molar refractivity (Wildman–Crippen MR) is 89.6 cm³/mol. The second kappa shape index (κ2) is 8.02. The van der Waals surface area contributed by atoms with Gasteiger partial charge in [0.1, 0.15) is 5.75 Å². The van der Waals surface area contributed by atoms with Crippen LogP contribution in [0.25, 0.3) is 0 Å². The van der Waals surface area contributed by atoms with E-state index in [9.17, 15) is 5.11 Å². The van der Waals surface area contributed by atoms with Crippen molar-refractivity contribution in [2.45, 2.75) is 43.6 Å². The number of hydrogen-bond donors (Lipinski definition) is 1. The topological polar surface area (TPSA) is 32.7 Å². The highest BCUT2D eigenvalue weighted by Gasteiger charge is 2.38. The molecule has 21 heavy (non-hydrogen) atoms. The van der Waals surface area contributed by atoms with Crippen LogP contribution in [-0.2, 0) is 0 Å². The van der Waals surface area contributed by atoms with Gasteiger partial charge >= 0.3 is 0 Å². The third kappa shape index (κ3) is 4.60. The first kappa shape index (κ1) is 7.67. The average Bonchev–Trinajstić information content (AvgIpc) is 2.52. The molecule has 0 aliphatic heterocycles. The Balaban J connectivity index is 0.00000512. The van der Waals surface area contributed by atoms with Crippen molar-refractivity contribution in [2.75, 3.05) is 27.5 Å². The van der Waals surface area contributed by atoms with Crippen molar-refractivity contribution < 1.29 is 24.9 Å². The van der Waals surface area contributed by atoms with E-state index in [2.05, 4.69) is 0 Å². The molecule has 1 aromatic carbocycles. The molecule has 0 spiro atoms. The van der Waals surface area contributed by atoms with Crippen molar-refractivity contribution >= 4 is 12.4 Å². The van der Waals surface area contributed by atoms with Crippen LogP contribution in [0, 0.1) is 0 Å². The molecular formula is C17H28ClNO2. The van der Waals surface area contributed by atoms with Crippen molar-refractivity contribution in [3.8, 4) is 5.75 Å². The zero-order chi connectivity index (χ0) is 23.9. The lowest BCUT2D eigenvalue weighted by molar-refractivity contribution is -0.0277. The molecule has 0 saturated heterocycles. The summed E-state index contributed by atoms with van der Waals surface area (Å²) < 4.78 is 89.6. The molecule has 1 aliphatic rings. The Kier molecular flexibility index (Phi) is 2.93. The van der Waals surface area contributed by atoms with Gasteiger partial charge in [-0.15, -0.1) is 12.4 Å². The minimum Gasteiger partial charge on any atom is -0.497 e. The van der Waals surface area contributed by atoms with E-state index in [0.29, 0.717) is 12.8 Å². The number of benzene rings is 1. The van der Waals surface area contributed by atoms with Crippen LogP contribution < -0.4 is 4.74 Å². The van der Waals surface area contributed by atoms with E-state index in [0.717, 1.165) is 6.42 Å². The van der Waals surface area contributed by atoms with E-state index < -0.39 is 39.0 Å². The summed E-state index contributed by atoms with van der Waals surface area (Å²) in [7, 11) is -2.70. The fraction of sp³-hybridized carbons (Fsp3) is 0.647. The zero-order valence-corrected chi connectivity index (χ0v) is 12.4. The zero-order valence-electron chi connectivity index (χ0n) is 22.6. The van der Waals surface area contributed by atoms with Crippen LogP contribution in [0.4, 0.5) is 0 Å². The first-order chi connectivity index (χ1) is 13.9. The lowest BCUT2D eigenvalue weighted by Crippen LogP contribution is -2.42. The van der Waals surface area contributed by atoms with Crippen LogP contribution in [0.5, 0.6) is 5.75 Å². The molecule has 1 atom stereocenters. The van der Waals surface area contributed by atoms with Crippen molar-refractivity contribution in [1.82, 2.24) is 4.90 Å². The minimum absolute atomic E-state index is 0. The van der Waals surface area contributed by atoms with Crippen LogP contribution >= 0.6 is 12.4 Å². The maximum Gasteiger partial charge on any atom is 0.118 e. The Morgan fingerprint density at radius 3 is 2.52 bits per heavy atom. The third-order valence-corrected chi connectivity index (χ3v) is 3.85. The number of aliphatic hydroxyl groups is 1. The molecule has 0 amide bonds. The normalized spacial score (nSPS) is 29.1. The second-order valence-corrected chi connectivity index (χ2v) is 5.23. The van der Waals surface area contributed by atoms with Gasteiger partial charge in [0, 0.05) is 23.4 Å². The van der Waals surface area contributed by atoms with Crippen LogP contribution in [0.3, 0.4) is 0 Å². The summed E-state index contributed by atoms with van der Waals surface area (Å²) >= 11 is 0. The highest BCUT2D eigenvalue weighted by Crippen LogP contribution is 2.40. The fourth-order valence-electron chi connectivity index (χ4n) is 2.82. The summed E-state index contributed by atoms with van der Waals surface area (Å²) in [5.41, 5.74) is -1.55. The van der Waals surface area contributed by atoms with E-state index in [1.54, 1.807) is 0 Å². The Morgan fingerprint density at radius 2 is 1.95 bits per heavy atom. The summed E-state index contributed by atoms with van der Waals surface area (Å²) in [5.74, 6) is -1.55. The molecule has 0 aromatic heterocycles. The van der Waals surface area contributed by atoms with Gasteiger partial charge in [-0.25, -0.2) is 0 Å². The molecule has 1 saturated carbocycles. The Bertz CT molecular complexity index is 727. The smallest absolute Gasteiger partial charge is 0.118 e. The maximum absolute atomic E-state index is 11.4.